The number of benzene rings is 1. The lowest BCUT2D eigenvalue weighted by molar-refractivity contribution is -0.142. The van der Waals surface area contributed by atoms with Gasteiger partial charge in [0.1, 0.15) is 11.5 Å². The van der Waals surface area contributed by atoms with E-state index in [9.17, 15) is 13.2 Å². The third kappa shape index (κ3) is 4.29. The molecule has 0 aliphatic rings. The highest BCUT2D eigenvalue weighted by Gasteiger charge is 2.16. The Morgan fingerprint density at radius 2 is 1.82 bits per heavy atom. The molecule has 1 aromatic heterocycles. The Labute approximate surface area is 128 Å². The van der Waals surface area contributed by atoms with Gasteiger partial charge in [-0.3, -0.25) is 9.78 Å². The number of rotatable bonds is 5. The minimum absolute atomic E-state index is 0.0281. The minimum atomic E-state index is -3.89. The van der Waals surface area contributed by atoms with Crippen molar-refractivity contribution in [1.82, 2.24) is 4.98 Å². The third-order valence-electron chi connectivity index (χ3n) is 2.74. The molecule has 0 spiro atoms. The van der Waals surface area contributed by atoms with Crippen LogP contribution in [0.25, 0.3) is 0 Å². The fourth-order valence-electron chi connectivity index (χ4n) is 1.60. The third-order valence-corrected chi connectivity index (χ3v) is 4.00. The van der Waals surface area contributed by atoms with Crippen LogP contribution in [0.5, 0.6) is 5.75 Å². The van der Waals surface area contributed by atoms with Gasteiger partial charge in [0, 0.05) is 6.92 Å². The molecule has 2 aromatic rings. The highest BCUT2D eigenvalue weighted by Crippen LogP contribution is 2.18. The van der Waals surface area contributed by atoms with E-state index in [1.807, 2.05) is 6.92 Å². The zero-order valence-corrected chi connectivity index (χ0v) is 13.0. The molecule has 6 nitrogen and oxygen atoms in total. The largest absolute Gasteiger partial charge is 0.459 e. The van der Waals surface area contributed by atoms with Crippen molar-refractivity contribution in [2.75, 3.05) is 0 Å². The van der Waals surface area contributed by atoms with Crippen LogP contribution in [-0.2, 0) is 26.3 Å². The normalized spacial score (nSPS) is 11.0. The molecule has 0 bridgehead atoms. The summed E-state index contributed by atoms with van der Waals surface area (Å²) in [5.74, 6) is -0.323. The van der Waals surface area contributed by atoms with Gasteiger partial charge < -0.3 is 8.92 Å². The molecule has 1 heterocycles. The molecule has 0 aliphatic carbocycles. The average Bonchev–Trinajstić information content (AvgIpc) is 2.46. The molecule has 1 aromatic carbocycles. The van der Waals surface area contributed by atoms with Gasteiger partial charge in [-0.1, -0.05) is 17.7 Å². The van der Waals surface area contributed by atoms with Crippen molar-refractivity contribution in [3.63, 3.8) is 0 Å². The van der Waals surface area contributed by atoms with Crippen molar-refractivity contribution in [3.05, 3.63) is 53.9 Å². The molecule has 7 heteroatoms. The van der Waals surface area contributed by atoms with Gasteiger partial charge in [-0.15, -0.1) is 0 Å². The van der Waals surface area contributed by atoms with Gasteiger partial charge in [0.2, 0.25) is 0 Å². The Hall–Kier alpha value is -2.41. The predicted octanol–water partition coefficient (Wildman–Crippen LogP) is 2.22. The van der Waals surface area contributed by atoms with Gasteiger partial charge in [0.15, 0.2) is 5.75 Å². The van der Waals surface area contributed by atoms with Gasteiger partial charge in [-0.25, -0.2) is 0 Å². The van der Waals surface area contributed by atoms with E-state index in [-0.39, 0.29) is 17.3 Å². The van der Waals surface area contributed by atoms with Crippen LogP contribution in [0, 0.1) is 6.92 Å². The Bertz CT molecular complexity index is 752. The Morgan fingerprint density at radius 3 is 2.36 bits per heavy atom. The van der Waals surface area contributed by atoms with Gasteiger partial charge in [0.05, 0.1) is 11.9 Å². The zero-order chi connectivity index (χ0) is 16.2. The van der Waals surface area contributed by atoms with Gasteiger partial charge in [-0.2, -0.15) is 8.42 Å². The van der Waals surface area contributed by atoms with E-state index >= 15 is 0 Å². The number of aryl methyl sites for hydroxylation is 1. The van der Waals surface area contributed by atoms with E-state index in [0.717, 1.165) is 5.56 Å². The molecule has 0 unspecified atom stereocenters. The van der Waals surface area contributed by atoms with Crippen molar-refractivity contribution in [2.24, 2.45) is 0 Å². The van der Waals surface area contributed by atoms with Crippen molar-refractivity contribution >= 4 is 16.1 Å². The van der Waals surface area contributed by atoms with Crippen LogP contribution in [0.4, 0.5) is 0 Å². The maximum Gasteiger partial charge on any atom is 0.339 e. The van der Waals surface area contributed by atoms with E-state index in [2.05, 4.69) is 4.98 Å². The van der Waals surface area contributed by atoms with Gasteiger partial charge in [-0.05, 0) is 31.2 Å². The second-order valence-corrected chi connectivity index (χ2v) is 6.16. The number of nitrogens with zero attached hydrogens (tertiary/aromatic N) is 1. The van der Waals surface area contributed by atoms with E-state index in [1.54, 1.807) is 12.1 Å². The summed E-state index contributed by atoms with van der Waals surface area (Å²) in [4.78, 5) is 14.7. The first kappa shape index (κ1) is 16.0. The van der Waals surface area contributed by atoms with Crippen LogP contribution in [0.2, 0.25) is 0 Å². The second kappa shape index (κ2) is 6.57. The molecule has 0 atom stereocenters. The summed E-state index contributed by atoms with van der Waals surface area (Å²) >= 11 is 0. The van der Waals surface area contributed by atoms with Crippen molar-refractivity contribution < 1.29 is 22.1 Å². The molecule has 22 heavy (non-hydrogen) atoms. The summed E-state index contributed by atoms with van der Waals surface area (Å²) in [5.41, 5.74) is 1.45. The van der Waals surface area contributed by atoms with E-state index in [1.165, 1.54) is 37.4 Å². The highest BCUT2D eigenvalue weighted by molar-refractivity contribution is 7.87. The lowest BCUT2D eigenvalue weighted by atomic mass is 10.2. The first-order valence-electron chi connectivity index (χ1n) is 6.46. The van der Waals surface area contributed by atoms with Crippen LogP contribution in [0.3, 0.4) is 0 Å². The maximum absolute atomic E-state index is 12.1. The molecule has 2 rings (SSSR count). The summed E-state index contributed by atoms with van der Waals surface area (Å²) in [6, 6.07) is 9.33. The summed E-state index contributed by atoms with van der Waals surface area (Å²) in [6.07, 6.45) is 1.27. The topological polar surface area (TPSA) is 82.6 Å². The summed E-state index contributed by atoms with van der Waals surface area (Å²) < 4.78 is 34.0. The lowest BCUT2D eigenvalue weighted by Gasteiger charge is -2.07. The fraction of sp³-hybridized carbons (Fsp3) is 0.200. The maximum atomic E-state index is 12.1. The second-order valence-electron chi connectivity index (χ2n) is 4.62. The number of esters is 1. The summed E-state index contributed by atoms with van der Waals surface area (Å²) in [7, 11) is -3.89. The van der Waals surface area contributed by atoms with Crippen molar-refractivity contribution in [2.45, 2.75) is 25.3 Å². The Kier molecular flexibility index (Phi) is 4.77. The molecule has 0 saturated carbocycles. The SMILES string of the molecule is CC(=O)OCc1ccc(OS(=O)(=O)c2ccc(C)cc2)cn1. The van der Waals surface area contributed by atoms with Crippen LogP contribution in [0.15, 0.2) is 47.5 Å². The number of carbonyl (C=O) groups excluding carboxylic acids is 1. The monoisotopic (exact) mass is 321 g/mol. The van der Waals surface area contributed by atoms with Crippen molar-refractivity contribution in [1.29, 1.82) is 0 Å². The number of aromatic nitrogens is 1. The van der Waals surface area contributed by atoms with Crippen molar-refractivity contribution in [3.8, 4) is 5.75 Å². The lowest BCUT2D eigenvalue weighted by Crippen LogP contribution is -2.10. The molecular formula is C15H15NO5S. The molecular weight excluding hydrogens is 306 g/mol. The Balaban J connectivity index is 2.09. The summed E-state index contributed by atoms with van der Waals surface area (Å²) in [5, 5.41) is 0. The Morgan fingerprint density at radius 1 is 1.14 bits per heavy atom. The van der Waals surface area contributed by atoms with Crippen LogP contribution in [-0.4, -0.2) is 19.4 Å². The van der Waals surface area contributed by atoms with Crippen LogP contribution >= 0.6 is 0 Å². The number of hydrogen-bond donors (Lipinski definition) is 0. The standard InChI is InChI=1S/C15H15NO5S/c1-11-3-7-15(8-4-11)22(18,19)21-14-6-5-13(16-9-14)10-20-12(2)17/h3-9H,10H2,1-2H3. The number of hydrogen-bond acceptors (Lipinski definition) is 6. The van der Waals surface area contributed by atoms with Gasteiger partial charge >= 0.3 is 16.1 Å². The summed E-state index contributed by atoms with van der Waals surface area (Å²) in [6.45, 7) is 3.19. The van der Waals surface area contributed by atoms with E-state index in [0.29, 0.717) is 5.69 Å². The predicted molar refractivity (Wildman–Crippen MR) is 78.7 cm³/mol. The molecule has 0 N–H and O–H groups in total. The quantitative estimate of drug-likeness (QED) is 0.620. The molecule has 0 fully saturated rings. The average molecular weight is 321 g/mol. The smallest absolute Gasteiger partial charge is 0.339 e. The molecule has 0 aliphatic heterocycles. The van der Waals surface area contributed by atoms with E-state index in [4.69, 9.17) is 8.92 Å². The first-order valence-corrected chi connectivity index (χ1v) is 7.87. The molecule has 0 saturated heterocycles. The molecule has 0 amide bonds. The highest BCUT2D eigenvalue weighted by atomic mass is 32.2. The number of carbonyl (C=O) groups is 1. The molecule has 116 valence electrons. The minimum Gasteiger partial charge on any atom is -0.459 e. The fourth-order valence-corrected chi connectivity index (χ4v) is 2.52. The zero-order valence-electron chi connectivity index (χ0n) is 12.1. The first-order chi connectivity index (χ1) is 10.4. The van der Waals surface area contributed by atoms with Crippen LogP contribution in [0.1, 0.15) is 18.2 Å². The van der Waals surface area contributed by atoms with E-state index < -0.39 is 16.1 Å². The number of ether oxygens (including phenoxy) is 1. The van der Waals surface area contributed by atoms with Gasteiger partial charge in [0.25, 0.3) is 0 Å². The number of pyridine rings is 1. The van der Waals surface area contributed by atoms with Crippen LogP contribution < -0.4 is 4.18 Å². The molecule has 0 radical (unpaired) electrons.